The Morgan fingerprint density at radius 3 is 2.83 bits per heavy atom. The Bertz CT molecular complexity index is 454. The highest BCUT2D eigenvalue weighted by Crippen LogP contribution is 2.14. The zero-order valence-electron chi connectivity index (χ0n) is 10.4. The smallest absolute Gasteiger partial charge is 0.274 e. The maximum atomic E-state index is 10.6. The molecule has 0 unspecified atom stereocenters. The molecule has 5 nitrogen and oxygen atoms in total. The Morgan fingerprint density at radius 2 is 2.17 bits per heavy atom. The van der Waals surface area contributed by atoms with Crippen molar-refractivity contribution in [1.82, 2.24) is 10.2 Å². The predicted molar refractivity (Wildman–Crippen MR) is 69.3 cm³/mol. The highest BCUT2D eigenvalue weighted by Gasteiger charge is 2.17. The van der Waals surface area contributed by atoms with E-state index < -0.39 is 4.92 Å². The summed E-state index contributed by atoms with van der Waals surface area (Å²) in [5.41, 5.74) is 2.38. The topological polar surface area (TPSA) is 58.4 Å². The van der Waals surface area contributed by atoms with Crippen LogP contribution in [0.5, 0.6) is 0 Å². The van der Waals surface area contributed by atoms with Crippen LogP contribution in [0.15, 0.2) is 36.3 Å². The van der Waals surface area contributed by atoms with Gasteiger partial charge in [-0.05, 0) is 18.9 Å². The van der Waals surface area contributed by atoms with E-state index in [0.29, 0.717) is 12.4 Å². The maximum absolute atomic E-state index is 10.6. The van der Waals surface area contributed by atoms with Gasteiger partial charge in [0.25, 0.3) is 6.20 Å². The average Bonchev–Trinajstić information content (AvgIpc) is 2.34. The van der Waals surface area contributed by atoms with Crippen LogP contribution in [0.2, 0.25) is 0 Å². The van der Waals surface area contributed by atoms with E-state index in [1.54, 1.807) is 0 Å². The van der Waals surface area contributed by atoms with E-state index in [2.05, 4.69) is 29.6 Å². The lowest BCUT2D eigenvalue weighted by molar-refractivity contribution is -0.405. The fourth-order valence-electron chi connectivity index (χ4n) is 2.02. The first kappa shape index (κ1) is 12.4. The van der Waals surface area contributed by atoms with E-state index in [-0.39, 0.29) is 0 Å². The van der Waals surface area contributed by atoms with Crippen LogP contribution < -0.4 is 5.32 Å². The minimum atomic E-state index is -0.407. The molecule has 0 saturated carbocycles. The van der Waals surface area contributed by atoms with Gasteiger partial charge in [-0.2, -0.15) is 0 Å². The van der Waals surface area contributed by atoms with Gasteiger partial charge in [0.1, 0.15) is 0 Å². The average molecular weight is 247 g/mol. The summed E-state index contributed by atoms with van der Waals surface area (Å²) in [6, 6.07) is 8.24. The van der Waals surface area contributed by atoms with Crippen molar-refractivity contribution >= 4 is 0 Å². The molecular weight excluding hydrogens is 230 g/mol. The summed E-state index contributed by atoms with van der Waals surface area (Å²) in [5.74, 6) is 0.604. The van der Waals surface area contributed by atoms with Gasteiger partial charge in [-0.15, -0.1) is 0 Å². The predicted octanol–water partition coefficient (Wildman–Crippen LogP) is 1.87. The molecule has 0 aromatic heterocycles. The second kappa shape index (κ2) is 5.53. The normalized spacial score (nSPS) is 17.6. The molecule has 0 bridgehead atoms. The maximum Gasteiger partial charge on any atom is 0.274 e. The molecule has 2 rings (SSSR count). The summed E-state index contributed by atoms with van der Waals surface area (Å²) in [6.07, 6.45) is 2.05. The van der Waals surface area contributed by atoms with E-state index in [4.69, 9.17) is 0 Å². The third-order valence-corrected chi connectivity index (χ3v) is 2.97. The van der Waals surface area contributed by atoms with Crippen molar-refractivity contribution in [2.24, 2.45) is 0 Å². The van der Waals surface area contributed by atoms with Crippen molar-refractivity contribution in [1.29, 1.82) is 0 Å². The second-order valence-electron chi connectivity index (χ2n) is 4.49. The van der Waals surface area contributed by atoms with Gasteiger partial charge in [0, 0.05) is 19.6 Å². The summed E-state index contributed by atoms with van der Waals surface area (Å²) in [7, 11) is 0. The van der Waals surface area contributed by atoms with Crippen LogP contribution in [0, 0.1) is 17.0 Å². The van der Waals surface area contributed by atoms with Gasteiger partial charge < -0.3 is 10.2 Å². The Labute approximate surface area is 106 Å². The quantitative estimate of drug-likeness (QED) is 0.654. The molecular formula is C13H17N3O2. The molecule has 96 valence electrons. The Hall–Kier alpha value is -2.04. The van der Waals surface area contributed by atoms with E-state index >= 15 is 0 Å². The standard InChI is InChI=1S/C13H17N3O2/c1-11-3-5-12(6-4-11)9-15-8-2-7-14-13(15)10-16(17)18/h3-6,10,14H,2,7-9H2,1H3. The molecule has 1 heterocycles. The first-order chi connectivity index (χ1) is 8.65. The summed E-state index contributed by atoms with van der Waals surface area (Å²) >= 11 is 0. The van der Waals surface area contributed by atoms with E-state index in [0.717, 1.165) is 25.7 Å². The molecule has 1 N–H and O–H groups in total. The number of rotatable bonds is 3. The van der Waals surface area contributed by atoms with Gasteiger partial charge in [0.05, 0.1) is 4.92 Å². The first-order valence-electron chi connectivity index (χ1n) is 6.05. The lowest BCUT2D eigenvalue weighted by atomic mass is 10.1. The van der Waals surface area contributed by atoms with Crippen LogP contribution in [0.25, 0.3) is 0 Å². The monoisotopic (exact) mass is 247 g/mol. The molecule has 1 aromatic carbocycles. The van der Waals surface area contributed by atoms with E-state index in [1.807, 2.05) is 11.8 Å². The lowest BCUT2D eigenvalue weighted by Gasteiger charge is -2.30. The third kappa shape index (κ3) is 3.23. The molecule has 0 radical (unpaired) electrons. The van der Waals surface area contributed by atoms with Crippen LogP contribution >= 0.6 is 0 Å². The molecule has 1 aromatic rings. The summed E-state index contributed by atoms with van der Waals surface area (Å²) < 4.78 is 0. The van der Waals surface area contributed by atoms with Crippen molar-refractivity contribution < 1.29 is 4.92 Å². The molecule has 0 atom stereocenters. The number of nitrogens with one attached hydrogen (secondary N) is 1. The van der Waals surface area contributed by atoms with E-state index in [1.165, 1.54) is 11.1 Å². The number of hydrogen-bond acceptors (Lipinski definition) is 4. The minimum Gasteiger partial charge on any atom is -0.367 e. The molecule has 1 saturated heterocycles. The number of nitrogens with zero attached hydrogens (tertiary/aromatic N) is 2. The number of aryl methyl sites for hydroxylation is 1. The largest absolute Gasteiger partial charge is 0.367 e. The summed E-state index contributed by atoms with van der Waals surface area (Å²) in [5, 5.41) is 13.7. The van der Waals surface area contributed by atoms with Gasteiger partial charge in [0.15, 0.2) is 5.82 Å². The summed E-state index contributed by atoms with van der Waals surface area (Å²) in [6.45, 7) is 4.39. The Morgan fingerprint density at radius 1 is 1.44 bits per heavy atom. The molecule has 0 spiro atoms. The first-order valence-corrected chi connectivity index (χ1v) is 6.05. The number of benzene rings is 1. The Kier molecular flexibility index (Phi) is 3.82. The van der Waals surface area contributed by atoms with Gasteiger partial charge >= 0.3 is 0 Å². The van der Waals surface area contributed by atoms with Crippen LogP contribution in [0.3, 0.4) is 0 Å². The van der Waals surface area contributed by atoms with Crippen LogP contribution in [0.4, 0.5) is 0 Å². The lowest BCUT2D eigenvalue weighted by Crippen LogP contribution is -2.39. The van der Waals surface area contributed by atoms with Gasteiger partial charge in [-0.3, -0.25) is 10.1 Å². The second-order valence-corrected chi connectivity index (χ2v) is 4.49. The van der Waals surface area contributed by atoms with Crippen molar-refractivity contribution in [3.05, 3.63) is 57.5 Å². The minimum absolute atomic E-state index is 0.407. The highest BCUT2D eigenvalue weighted by atomic mass is 16.6. The molecule has 18 heavy (non-hydrogen) atoms. The zero-order valence-corrected chi connectivity index (χ0v) is 10.4. The fraction of sp³-hybridized carbons (Fsp3) is 0.385. The molecule has 0 amide bonds. The van der Waals surface area contributed by atoms with Crippen molar-refractivity contribution in [3.8, 4) is 0 Å². The molecule has 5 heteroatoms. The van der Waals surface area contributed by atoms with Gasteiger partial charge in [0.2, 0.25) is 0 Å². The van der Waals surface area contributed by atoms with E-state index in [9.17, 15) is 10.1 Å². The molecule has 1 aliphatic rings. The zero-order chi connectivity index (χ0) is 13.0. The van der Waals surface area contributed by atoms with Crippen molar-refractivity contribution in [2.75, 3.05) is 13.1 Å². The van der Waals surface area contributed by atoms with Crippen molar-refractivity contribution in [2.45, 2.75) is 19.9 Å². The number of hydrogen-bond donors (Lipinski definition) is 1. The molecule has 0 aliphatic carbocycles. The summed E-state index contributed by atoms with van der Waals surface area (Å²) in [4.78, 5) is 12.2. The van der Waals surface area contributed by atoms with Gasteiger partial charge in [-0.25, -0.2) is 0 Å². The van der Waals surface area contributed by atoms with Crippen LogP contribution in [-0.2, 0) is 6.54 Å². The van der Waals surface area contributed by atoms with Gasteiger partial charge in [-0.1, -0.05) is 29.8 Å². The highest BCUT2D eigenvalue weighted by molar-refractivity contribution is 5.21. The fourth-order valence-corrected chi connectivity index (χ4v) is 2.02. The number of nitro groups is 1. The SMILES string of the molecule is Cc1ccc(CN2CCCNC2=C[N+](=O)[O-])cc1. The third-order valence-electron chi connectivity index (χ3n) is 2.97. The molecule has 1 fully saturated rings. The Balaban J connectivity index is 2.10. The van der Waals surface area contributed by atoms with Crippen LogP contribution in [0.1, 0.15) is 17.5 Å². The molecule has 1 aliphatic heterocycles. The van der Waals surface area contributed by atoms with Crippen LogP contribution in [-0.4, -0.2) is 22.9 Å². The van der Waals surface area contributed by atoms with Crippen molar-refractivity contribution in [3.63, 3.8) is 0 Å².